The fourth-order valence-electron chi connectivity index (χ4n) is 0.756. The van der Waals surface area contributed by atoms with E-state index in [-0.39, 0.29) is 7.43 Å². The van der Waals surface area contributed by atoms with Crippen molar-refractivity contribution >= 4 is 0 Å². The van der Waals surface area contributed by atoms with Crippen molar-refractivity contribution in [1.29, 1.82) is 0 Å². The molecule has 0 bridgehead atoms. The first-order chi connectivity index (χ1) is 7.41. The van der Waals surface area contributed by atoms with E-state index in [9.17, 15) is 0 Å². The first-order valence-corrected chi connectivity index (χ1v) is 4.78. The average molecular weight is 240 g/mol. The fourth-order valence-corrected chi connectivity index (χ4v) is 0.756. The van der Waals surface area contributed by atoms with Crippen molar-refractivity contribution in [2.24, 2.45) is 11.8 Å². The third-order valence-electron chi connectivity index (χ3n) is 1.44. The number of rotatable bonds is 12. The molecule has 0 saturated heterocycles. The SMILES string of the molecule is C.NOCCOCCOCCOCCON. The molecule has 0 aliphatic carbocycles. The molecule has 0 atom stereocenters. The van der Waals surface area contributed by atoms with Gasteiger partial charge in [-0.3, -0.25) is 0 Å². The van der Waals surface area contributed by atoms with E-state index in [4.69, 9.17) is 26.0 Å². The molecule has 0 heterocycles. The van der Waals surface area contributed by atoms with Gasteiger partial charge in [-0.1, -0.05) is 7.43 Å². The summed E-state index contributed by atoms with van der Waals surface area (Å²) in [4.78, 5) is 8.63. The van der Waals surface area contributed by atoms with E-state index in [1.54, 1.807) is 0 Å². The third-order valence-corrected chi connectivity index (χ3v) is 1.44. The summed E-state index contributed by atoms with van der Waals surface area (Å²) in [6, 6.07) is 0. The van der Waals surface area contributed by atoms with Crippen LogP contribution in [-0.2, 0) is 23.9 Å². The normalized spacial score (nSPS) is 10.1. The zero-order valence-electron chi connectivity index (χ0n) is 8.85. The molecule has 0 aromatic rings. The Labute approximate surface area is 96.8 Å². The molecule has 0 spiro atoms. The Kier molecular flexibility index (Phi) is 19.4. The van der Waals surface area contributed by atoms with Crippen LogP contribution in [0.5, 0.6) is 0 Å². The summed E-state index contributed by atoms with van der Waals surface area (Å²) in [5.74, 6) is 9.60. The highest BCUT2D eigenvalue weighted by Gasteiger charge is 1.91. The largest absolute Gasteiger partial charge is 0.377 e. The van der Waals surface area contributed by atoms with Crippen LogP contribution in [0.3, 0.4) is 0 Å². The highest BCUT2D eigenvalue weighted by atomic mass is 16.6. The van der Waals surface area contributed by atoms with Gasteiger partial charge >= 0.3 is 0 Å². The van der Waals surface area contributed by atoms with E-state index in [0.717, 1.165) is 0 Å². The second kappa shape index (κ2) is 17.1. The molecule has 7 heteroatoms. The van der Waals surface area contributed by atoms with Gasteiger partial charge in [0.25, 0.3) is 0 Å². The standard InChI is InChI=1S/C8H20N2O5.CH4/c9-14-7-5-12-3-1-11-2-4-13-6-8-15-10;/h1-10H2;1H4. The molecule has 0 aromatic carbocycles. The summed E-state index contributed by atoms with van der Waals surface area (Å²) in [6.45, 7) is 3.84. The maximum atomic E-state index is 5.20. The molecule has 0 amide bonds. The van der Waals surface area contributed by atoms with Crippen molar-refractivity contribution in [3.05, 3.63) is 0 Å². The molecule has 0 saturated carbocycles. The molecule has 0 aromatic heterocycles. The van der Waals surface area contributed by atoms with Crippen LogP contribution in [0.15, 0.2) is 0 Å². The molecule has 16 heavy (non-hydrogen) atoms. The van der Waals surface area contributed by atoms with Crippen molar-refractivity contribution < 1.29 is 23.9 Å². The van der Waals surface area contributed by atoms with Crippen LogP contribution in [0.4, 0.5) is 0 Å². The molecular weight excluding hydrogens is 216 g/mol. The summed E-state index contributed by atoms with van der Waals surface area (Å²) in [6.07, 6.45) is 0. The van der Waals surface area contributed by atoms with Gasteiger partial charge in [0.05, 0.1) is 52.9 Å². The highest BCUT2D eigenvalue weighted by Crippen LogP contribution is 1.81. The Morgan fingerprint density at radius 3 is 1.00 bits per heavy atom. The van der Waals surface area contributed by atoms with Gasteiger partial charge in [0.1, 0.15) is 0 Å². The van der Waals surface area contributed by atoms with Gasteiger partial charge in [-0.25, -0.2) is 11.8 Å². The highest BCUT2D eigenvalue weighted by molar-refractivity contribution is 4.33. The molecule has 0 aliphatic rings. The molecular formula is C9H24N2O5. The Morgan fingerprint density at radius 2 is 0.750 bits per heavy atom. The molecule has 7 nitrogen and oxygen atoms in total. The summed E-state index contributed by atoms with van der Waals surface area (Å²) in [5, 5.41) is 0. The topological polar surface area (TPSA) is 98.2 Å². The summed E-state index contributed by atoms with van der Waals surface area (Å²) >= 11 is 0. The molecule has 0 radical (unpaired) electrons. The third kappa shape index (κ3) is 16.2. The fraction of sp³-hybridized carbons (Fsp3) is 1.00. The molecule has 0 aliphatic heterocycles. The average Bonchev–Trinajstić information content (AvgIpc) is 2.26. The van der Waals surface area contributed by atoms with Gasteiger partial charge in [0.2, 0.25) is 0 Å². The van der Waals surface area contributed by atoms with Crippen molar-refractivity contribution in [2.75, 3.05) is 52.9 Å². The summed E-state index contributed by atoms with van der Waals surface area (Å²) < 4.78 is 15.4. The Hall–Kier alpha value is -0.280. The zero-order valence-corrected chi connectivity index (χ0v) is 8.85. The second-order valence-electron chi connectivity index (χ2n) is 2.58. The zero-order chi connectivity index (χ0) is 11.2. The van der Waals surface area contributed by atoms with Crippen LogP contribution in [0.25, 0.3) is 0 Å². The van der Waals surface area contributed by atoms with Crippen LogP contribution in [0, 0.1) is 0 Å². The van der Waals surface area contributed by atoms with E-state index in [1.165, 1.54) is 0 Å². The number of ether oxygens (including phenoxy) is 3. The summed E-state index contributed by atoms with van der Waals surface area (Å²) in [7, 11) is 0. The van der Waals surface area contributed by atoms with E-state index < -0.39 is 0 Å². The van der Waals surface area contributed by atoms with E-state index in [1.807, 2.05) is 0 Å². The van der Waals surface area contributed by atoms with Gasteiger partial charge in [-0.15, -0.1) is 0 Å². The van der Waals surface area contributed by atoms with E-state index in [2.05, 4.69) is 9.68 Å². The van der Waals surface area contributed by atoms with Crippen LogP contribution in [0.1, 0.15) is 7.43 Å². The predicted molar refractivity (Wildman–Crippen MR) is 59.5 cm³/mol. The van der Waals surface area contributed by atoms with Crippen LogP contribution < -0.4 is 11.8 Å². The van der Waals surface area contributed by atoms with Gasteiger partial charge in [0, 0.05) is 0 Å². The molecule has 0 rings (SSSR count). The lowest BCUT2D eigenvalue weighted by Crippen LogP contribution is -2.14. The molecule has 0 unspecified atom stereocenters. The second-order valence-corrected chi connectivity index (χ2v) is 2.58. The van der Waals surface area contributed by atoms with Crippen molar-refractivity contribution in [3.63, 3.8) is 0 Å². The maximum absolute atomic E-state index is 5.20. The molecule has 4 N–H and O–H groups in total. The quantitative estimate of drug-likeness (QED) is 0.349. The minimum absolute atomic E-state index is 0. The number of nitrogens with two attached hydrogens (primary N) is 2. The monoisotopic (exact) mass is 240 g/mol. The Balaban J connectivity index is 0. The van der Waals surface area contributed by atoms with Gasteiger partial charge in [0.15, 0.2) is 0 Å². The van der Waals surface area contributed by atoms with Gasteiger partial charge in [-0.2, -0.15) is 0 Å². The minimum atomic E-state index is 0. The molecule has 100 valence electrons. The van der Waals surface area contributed by atoms with Crippen molar-refractivity contribution in [1.82, 2.24) is 0 Å². The van der Waals surface area contributed by atoms with Gasteiger partial charge < -0.3 is 23.9 Å². The number of hydrogen-bond donors (Lipinski definition) is 2. The van der Waals surface area contributed by atoms with Crippen LogP contribution in [0.2, 0.25) is 0 Å². The summed E-state index contributed by atoms with van der Waals surface area (Å²) in [5.41, 5.74) is 0. The van der Waals surface area contributed by atoms with Crippen molar-refractivity contribution in [2.45, 2.75) is 7.43 Å². The Morgan fingerprint density at radius 1 is 0.500 bits per heavy atom. The lowest BCUT2D eigenvalue weighted by Gasteiger charge is -2.05. The number of hydrogen-bond acceptors (Lipinski definition) is 7. The van der Waals surface area contributed by atoms with Crippen LogP contribution in [-0.4, -0.2) is 52.9 Å². The Bertz CT molecular complexity index is 106. The lowest BCUT2D eigenvalue weighted by molar-refractivity contribution is -0.0113. The molecule has 0 fully saturated rings. The predicted octanol–water partition coefficient (Wildman–Crippen LogP) is -0.547. The van der Waals surface area contributed by atoms with Crippen molar-refractivity contribution in [3.8, 4) is 0 Å². The first kappa shape index (κ1) is 18.1. The smallest absolute Gasteiger partial charge is 0.0913 e. The minimum Gasteiger partial charge on any atom is -0.377 e. The lowest BCUT2D eigenvalue weighted by atomic mass is 10.7. The van der Waals surface area contributed by atoms with E-state index >= 15 is 0 Å². The first-order valence-electron chi connectivity index (χ1n) is 4.78. The van der Waals surface area contributed by atoms with E-state index in [0.29, 0.717) is 52.9 Å². The van der Waals surface area contributed by atoms with Gasteiger partial charge in [-0.05, 0) is 0 Å². The van der Waals surface area contributed by atoms with Crippen LogP contribution >= 0.6 is 0 Å². The maximum Gasteiger partial charge on any atom is 0.0913 e.